The molecule has 0 spiro atoms. The van der Waals surface area contributed by atoms with Gasteiger partial charge in [-0.3, -0.25) is 4.90 Å². The molecular weight excluding hydrogens is 425 g/mol. The Morgan fingerprint density at radius 3 is 2.38 bits per heavy atom. The molecule has 1 aliphatic carbocycles. The Morgan fingerprint density at radius 2 is 1.65 bits per heavy atom. The molecule has 3 aromatic carbocycles. The van der Waals surface area contributed by atoms with Crippen LogP contribution in [0.2, 0.25) is 0 Å². The molecule has 1 saturated heterocycles. The summed E-state index contributed by atoms with van der Waals surface area (Å²) in [6.07, 6.45) is 3.58. The number of aliphatic hydroxyl groups is 1. The van der Waals surface area contributed by atoms with Crippen LogP contribution in [-0.4, -0.2) is 41.9 Å². The van der Waals surface area contributed by atoms with E-state index in [-0.39, 0.29) is 23.8 Å². The summed E-state index contributed by atoms with van der Waals surface area (Å²) >= 11 is 0. The lowest BCUT2D eigenvalue weighted by atomic mass is 9.78. The SMILES string of the molecule is OC(C1CCCC1)C(c1cc(F)ccc1-c1ccccc1)C1CN(Cc2ccccc2)CCO1. The largest absolute Gasteiger partial charge is 0.392 e. The van der Waals surface area contributed by atoms with Crippen molar-refractivity contribution in [2.75, 3.05) is 19.7 Å². The molecule has 1 heterocycles. The van der Waals surface area contributed by atoms with Crippen LogP contribution in [0.4, 0.5) is 4.39 Å². The monoisotopic (exact) mass is 459 g/mol. The van der Waals surface area contributed by atoms with Gasteiger partial charge >= 0.3 is 0 Å². The Balaban J connectivity index is 1.50. The van der Waals surface area contributed by atoms with Gasteiger partial charge in [-0.15, -0.1) is 0 Å². The van der Waals surface area contributed by atoms with Crippen LogP contribution in [0.25, 0.3) is 11.1 Å². The van der Waals surface area contributed by atoms with Gasteiger partial charge in [0.05, 0.1) is 18.8 Å². The van der Waals surface area contributed by atoms with E-state index in [1.165, 1.54) is 11.6 Å². The van der Waals surface area contributed by atoms with E-state index in [0.29, 0.717) is 13.2 Å². The second kappa shape index (κ2) is 10.8. The van der Waals surface area contributed by atoms with Crippen LogP contribution in [0.5, 0.6) is 0 Å². The van der Waals surface area contributed by atoms with Crippen LogP contribution < -0.4 is 0 Å². The molecule has 3 nitrogen and oxygen atoms in total. The number of aliphatic hydroxyl groups excluding tert-OH is 1. The fourth-order valence-corrected chi connectivity index (χ4v) is 5.82. The summed E-state index contributed by atoms with van der Waals surface area (Å²) in [5.41, 5.74) is 4.15. The Bertz CT molecular complexity index is 1050. The van der Waals surface area contributed by atoms with Crippen LogP contribution in [0, 0.1) is 11.7 Å². The van der Waals surface area contributed by atoms with Gasteiger partial charge in [-0.25, -0.2) is 4.39 Å². The first-order valence-electron chi connectivity index (χ1n) is 12.6. The summed E-state index contributed by atoms with van der Waals surface area (Å²) in [7, 11) is 0. The molecule has 0 radical (unpaired) electrons. The Labute approximate surface area is 202 Å². The average Bonchev–Trinajstić information content (AvgIpc) is 3.41. The van der Waals surface area contributed by atoms with Gasteiger partial charge in [0.25, 0.3) is 0 Å². The third-order valence-electron chi connectivity index (χ3n) is 7.54. The lowest BCUT2D eigenvalue weighted by Crippen LogP contribution is -2.48. The van der Waals surface area contributed by atoms with Crippen molar-refractivity contribution in [3.63, 3.8) is 0 Å². The molecular formula is C30H34FNO2. The van der Waals surface area contributed by atoms with Crippen molar-refractivity contribution in [1.82, 2.24) is 4.90 Å². The molecule has 34 heavy (non-hydrogen) atoms. The maximum atomic E-state index is 14.7. The number of benzene rings is 3. The maximum absolute atomic E-state index is 14.7. The van der Waals surface area contributed by atoms with Crippen molar-refractivity contribution in [3.8, 4) is 11.1 Å². The van der Waals surface area contributed by atoms with Crippen LogP contribution in [-0.2, 0) is 11.3 Å². The van der Waals surface area contributed by atoms with Crippen LogP contribution in [0.15, 0.2) is 78.9 Å². The van der Waals surface area contributed by atoms with E-state index in [9.17, 15) is 9.50 Å². The van der Waals surface area contributed by atoms with Crippen LogP contribution >= 0.6 is 0 Å². The zero-order chi connectivity index (χ0) is 23.3. The second-order valence-electron chi connectivity index (χ2n) is 9.79. The number of hydrogen-bond donors (Lipinski definition) is 1. The minimum absolute atomic E-state index is 0.197. The lowest BCUT2D eigenvalue weighted by Gasteiger charge is -2.41. The molecule has 178 valence electrons. The fourth-order valence-electron chi connectivity index (χ4n) is 5.82. The smallest absolute Gasteiger partial charge is 0.123 e. The average molecular weight is 460 g/mol. The highest BCUT2D eigenvalue weighted by molar-refractivity contribution is 5.68. The number of nitrogens with zero attached hydrogens (tertiary/aromatic N) is 1. The van der Waals surface area contributed by atoms with E-state index in [1.54, 1.807) is 6.07 Å². The molecule has 0 bridgehead atoms. The summed E-state index contributed by atoms with van der Waals surface area (Å²) in [4.78, 5) is 2.40. The van der Waals surface area contributed by atoms with Gasteiger partial charge in [-0.1, -0.05) is 79.6 Å². The van der Waals surface area contributed by atoms with Gasteiger partial charge in [0.2, 0.25) is 0 Å². The number of hydrogen-bond acceptors (Lipinski definition) is 3. The fraction of sp³-hybridized carbons (Fsp3) is 0.400. The third-order valence-corrected chi connectivity index (χ3v) is 7.54. The zero-order valence-electron chi connectivity index (χ0n) is 19.7. The summed E-state index contributed by atoms with van der Waals surface area (Å²) in [6.45, 7) is 3.03. The standard InChI is InChI=1S/C30H34FNO2/c31-25-15-16-26(23-11-5-2-6-12-23)27(19-25)29(30(33)24-13-7-8-14-24)28-21-32(17-18-34-28)20-22-9-3-1-4-10-22/h1-6,9-12,15-16,19,24,28-30,33H,7-8,13-14,17-18,20-21H2. The van der Waals surface area contributed by atoms with Gasteiger partial charge < -0.3 is 9.84 Å². The molecule has 2 fully saturated rings. The molecule has 3 aromatic rings. The summed E-state index contributed by atoms with van der Waals surface area (Å²) in [5, 5.41) is 11.7. The third kappa shape index (κ3) is 5.25. The minimum Gasteiger partial charge on any atom is -0.392 e. The number of rotatable bonds is 7. The first-order chi connectivity index (χ1) is 16.7. The predicted molar refractivity (Wildman–Crippen MR) is 134 cm³/mol. The Kier molecular flexibility index (Phi) is 7.39. The highest BCUT2D eigenvalue weighted by Crippen LogP contribution is 2.41. The van der Waals surface area contributed by atoms with E-state index in [0.717, 1.165) is 55.5 Å². The van der Waals surface area contributed by atoms with Crippen molar-refractivity contribution in [2.45, 2.75) is 50.4 Å². The van der Waals surface area contributed by atoms with Crippen molar-refractivity contribution in [1.29, 1.82) is 0 Å². The second-order valence-corrected chi connectivity index (χ2v) is 9.79. The zero-order valence-corrected chi connectivity index (χ0v) is 19.7. The van der Waals surface area contributed by atoms with E-state index in [1.807, 2.05) is 30.3 Å². The van der Waals surface area contributed by atoms with E-state index in [4.69, 9.17) is 4.74 Å². The molecule has 2 aliphatic rings. The maximum Gasteiger partial charge on any atom is 0.123 e. The minimum atomic E-state index is -0.562. The van der Waals surface area contributed by atoms with Gasteiger partial charge in [-0.05, 0) is 53.1 Å². The number of ether oxygens (including phenoxy) is 1. The van der Waals surface area contributed by atoms with Crippen LogP contribution in [0.3, 0.4) is 0 Å². The first-order valence-corrected chi connectivity index (χ1v) is 12.6. The molecule has 0 amide bonds. The molecule has 5 rings (SSSR count). The quantitative estimate of drug-likeness (QED) is 0.468. The summed E-state index contributed by atoms with van der Waals surface area (Å²) < 4.78 is 21.0. The molecule has 3 atom stereocenters. The topological polar surface area (TPSA) is 32.7 Å². The van der Waals surface area contributed by atoms with Crippen LogP contribution in [0.1, 0.15) is 42.7 Å². The van der Waals surface area contributed by atoms with E-state index < -0.39 is 6.10 Å². The molecule has 1 N–H and O–H groups in total. The van der Waals surface area contributed by atoms with Gasteiger partial charge in [0, 0.05) is 25.6 Å². The molecule has 1 saturated carbocycles. The summed E-state index contributed by atoms with van der Waals surface area (Å²) in [6, 6.07) is 25.6. The number of halogens is 1. The normalized spacial score (nSPS) is 21.4. The van der Waals surface area contributed by atoms with Gasteiger partial charge in [0.1, 0.15) is 5.82 Å². The summed E-state index contributed by atoms with van der Waals surface area (Å²) in [5.74, 6) is -0.326. The van der Waals surface area contributed by atoms with E-state index in [2.05, 4.69) is 41.3 Å². The van der Waals surface area contributed by atoms with Crippen molar-refractivity contribution >= 4 is 0 Å². The Hall–Kier alpha value is -2.53. The molecule has 0 aromatic heterocycles. The number of morpholine rings is 1. The van der Waals surface area contributed by atoms with E-state index >= 15 is 0 Å². The highest BCUT2D eigenvalue weighted by atomic mass is 19.1. The molecule has 3 unspecified atom stereocenters. The van der Waals surface area contributed by atoms with Crippen molar-refractivity contribution in [2.24, 2.45) is 5.92 Å². The molecule has 1 aliphatic heterocycles. The highest BCUT2D eigenvalue weighted by Gasteiger charge is 2.39. The lowest BCUT2D eigenvalue weighted by molar-refractivity contribution is -0.0746. The Morgan fingerprint density at radius 1 is 0.941 bits per heavy atom. The van der Waals surface area contributed by atoms with Gasteiger partial charge in [-0.2, -0.15) is 0 Å². The predicted octanol–water partition coefficient (Wildman–Crippen LogP) is 6.03. The van der Waals surface area contributed by atoms with Crippen molar-refractivity contribution < 1.29 is 14.2 Å². The molecule has 4 heteroatoms. The van der Waals surface area contributed by atoms with Crippen molar-refractivity contribution in [3.05, 3.63) is 95.8 Å². The van der Waals surface area contributed by atoms with Gasteiger partial charge in [0.15, 0.2) is 0 Å². The first kappa shape index (κ1) is 23.2.